The first-order chi connectivity index (χ1) is 14.6. The Kier molecular flexibility index (Phi) is 7.08. The molecule has 1 heterocycles. The van der Waals surface area contributed by atoms with Crippen LogP contribution in [0.3, 0.4) is 0 Å². The van der Waals surface area contributed by atoms with Crippen LogP contribution in [0.4, 0.5) is 9.52 Å². The van der Waals surface area contributed by atoms with Crippen LogP contribution in [0.15, 0.2) is 41.3 Å². The van der Waals surface area contributed by atoms with Gasteiger partial charge in [0.05, 0.1) is 15.1 Å². The minimum atomic E-state index is -3.91. The number of aryl methyl sites for hydroxylation is 2. The number of fused-ring (bicyclic) bond motifs is 1. The predicted molar refractivity (Wildman–Crippen MR) is 123 cm³/mol. The molecule has 0 aliphatic rings. The van der Waals surface area contributed by atoms with Gasteiger partial charge in [0.15, 0.2) is 15.0 Å². The highest BCUT2D eigenvalue weighted by Crippen LogP contribution is 2.32. The third kappa shape index (κ3) is 5.47. The summed E-state index contributed by atoms with van der Waals surface area (Å²) in [6.45, 7) is 5.09. The third-order valence-electron chi connectivity index (χ3n) is 5.08. The molecule has 0 saturated heterocycles. The molecule has 0 spiro atoms. The van der Waals surface area contributed by atoms with Crippen LogP contribution in [0.25, 0.3) is 10.2 Å². The first kappa shape index (κ1) is 23.3. The summed E-state index contributed by atoms with van der Waals surface area (Å²) >= 11 is 1.38. The molecule has 9 heteroatoms. The monoisotopic (exact) mass is 463 g/mol. The zero-order valence-corrected chi connectivity index (χ0v) is 19.7. The van der Waals surface area contributed by atoms with E-state index in [1.54, 1.807) is 0 Å². The van der Waals surface area contributed by atoms with Gasteiger partial charge in [-0.1, -0.05) is 17.4 Å². The van der Waals surface area contributed by atoms with Crippen molar-refractivity contribution in [3.63, 3.8) is 0 Å². The van der Waals surface area contributed by atoms with Crippen molar-refractivity contribution < 1.29 is 17.6 Å². The summed E-state index contributed by atoms with van der Waals surface area (Å²) in [7, 11) is -0.0281. The smallest absolute Gasteiger partial charge is 0.244 e. The maximum Gasteiger partial charge on any atom is 0.244 e. The Morgan fingerprint density at radius 3 is 2.39 bits per heavy atom. The van der Waals surface area contributed by atoms with Crippen molar-refractivity contribution >= 4 is 42.4 Å². The number of aromatic nitrogens is 1. The molecule has 0 unspecified atom stereocenters. The van der Waals surface area contributed by atoms with Gasteiger partial charge in [-0.05, 0) is 82.4 Å². The lowest BCUT2D eigenvalue weighted by Gasteiger charge is -2.21. The van der Waals surface area contributed by atoms with Gasteiger partial charge >= 0.3 is 0 Å². The van der Waals surface area contributed by atoms with Gasteiger partial charge in [0, 0.05) is 6.54 Å². The zero-order chi connectivity index (χ0) is 22.8. The quantitative estimate of drug-likeness (QED) is 0.475. The van der Waals surface area contributed by atoms with E-state index in [0.29, 0.717) is 18.1 Å². The molecule has 1 aromatic heterocycles. The number of hydrogen-bond donors (Lipinski definition) is 0. The van der Waals surface area contributed by atoms with E-state index in [0.717, 1.165) is 40.0 Å². The Morgan fingerprint density at radius 1 is 1.06 bits per heavy atom. The van der Waals surface area contributed by atoms with E-state index in [4.69, 9.17) is 0 Å². The SMILES string of the molecule is Cc1ccc2sc(N(CCCN(C)C)C(=O)CS(=O)(=O)c3ccc(F)cc3)nc2c1C. The molecule has 0 aliphatic heterocycles. The number of amides is 1. The molecule has 0 N–H and O–H groups in total. The molecule has 2 aromatic carbocycles. The Labute approximate surface area is 186 Å². The van der Waals surface area contributed by atoms with Gasteiger partial charge in [-0.3, -0.25) is 9.69 Å². The number of sulfone groups is 1. The van der Waals surface area contributed by atoms with Crippen LogP contribution in [0.5, 0.6) is 0 Å². The third-order valence-corrected chi connectivity index (χ3v) is 7.74. The molecule has 31 heavy (non-hydrogen) atoms. The van der Waals surface area contributed by atoms with E-state index in [1.807, 2.05) is 45.0 Å². The Hall–Kier alpha value is -2.36. The summed E-state index contributed by atoms with van der Waals surface area (Å²) in [5.74, 6) is -1.78. The van der Waals surface area contributed by atoms with Crippen molar-refractivity contribution in [2.24, 2.45) is 0 Å². The van der Waals surface area contributed by atoms with Crippen LogP contribution < -0.4 is 4.90 Å². The molecular formula is C22H26FN3O3S2. The fourth-order valence-electron chi connectivity index (χ4n) is 3.17. The molecule has 6 nitrogen and oxygen atoms in total. The second-order valence-electron chi connectivity index (χ2n) is 7.77. The first-order valence-corrected chi connectivity index (χ1v) is 12.4. The molecular weight excluding hydrogens is 437 g/mol. The summed E-state index contributed by atoms with van der Waals surface area (Å²) in [6.07, 6.45) is 0.670. The lowest BCUT2D eigenvalue weighted by atomic mass is 10.1. The van der Waals surface area contributed by atoms with Crippen LogP contribution in [0, 0.1) is 19.7 Å². The maximum atomic E-state index is 13.2. The van der Waals surface area contributed by atoms with Crippen LogP contribution >= 0.6 is 11.3 Å². The topological polar surface area (TPSA) is 70.6 Å². The van der Waals surface area contributed by atoms with E-state index < -0.39 is 27.3 Å². The number of thiazole rings is 1. The van der Waals surface area contributed by atoms with Gasteiger partial charge in [0.25, 0.3) is 0 Å². The fraction of sp³-hybridized carbons (Fsp3) is 0.364. The van der Waals surface area contributed by atoms with E-state index >= 15 is 0 Å². The average molecular weight is 464 g/mol. The van der Waals surface area contributed by atoms with Gasteiger partial charge in [0.2, 0.25) is 5.91 Å². The second-order valence-corrected chi connectivity index (χ2v) is 10.8. The van der Waals surface area contributed by atoms with Gasteiger partial charge in [-0.15, -0.1) is 0 Å². The second kappa shape index (κ2) is 9.42. The lowest BCUT2D eigenvalue weighted by Crippen LogP contribution is -2.37. The highest BCUT2D eigenvalue weighted by molar-refractivity contribution is 7.92. The van der Waals surface area contributed by atoms with Crippen LogP contribution in [0.2, 0.25) is 0 Å². The normalized spacial score (nSPS) is 11.9. The lowest BCUT2D eigenvalue weighted by molar-refractivity contribution is -0.116. The molecule has 0 aliphatic carbocycles. The maximum absolute atomic E-state index is 13.2. The summed E-state index contributed by atoms with van der Waals surface area (Å²) in [5, 5.41) is 0.488. The van der Waals surface area contributed by atoms with Gasteiger partial charge < -0.3 is 4.90 Å². The molecule has 3 rings (SSSR count). The Bertz CT molecular complexity index is 1190. The average Bonchev–Trinajstić information content (AvgIpc) is 3.12. The van der Waals surface area contributed by atoms with E-state index in [-0.39, 0.29) is 4.90 Å². The van der Waals surface area contributed by atoms with E-state index in [1.165, 1.54) is 28.4 Å². The molecule has 3 aromatic rings. The molecule has 1 amide bonds. The van der Waals surface area contributed by atoms with Crippen molar-refractivity contribution in [3.05, 3.63) is 53.3 Å². The number of hydrogen-bond acceptors (Lipinski definition) is 6. The van der Waals surface area contributed by atoms with Gasteiger partial charge in [-0.2, -0.15) is 0 Å². The summed E-state index contributed by atoms with van der Waals surface area (Å²) in [6, 6.07) is 8.49. The summed E-state index contributed by atoms with van der Waals surface area (Å²) in [4.78, 5) is 21.2. The molecule has 0 atom stereocenters. The Morgan fingerprint density at radius 2 is 1.74 bits per heavy atom. The predicted octanol–water partition coefficient (Wildman–Crippen LogP) is 3.81. The van der Waals surface area contributed by atoms with Crippen molar-refractivity contribution in [2.75, 3.05) is 37.8 Å². The summed E-state index contributed by atoms with van der Waals surface area (Å²) in [5.41, 5.74) is 2.97. The largest absolute Gasteiger partial charge is 0.309 e. The van der Waals surface area contributed by atoms with Crippen molar-refractivity contribution in [1.29, 1.82) is 0 Å². The molecule has 0 bridgehead atoms. The van der Waals surface area contributed by atoms with E-state index in [2.05, 4.69) is 4.98 Å². The fourth-order valence-corrected chi connectivity index (χ4v) is 5.43. The highest BCUT2D eigenvalue weighted by Gasteiger charge is 2.26. The molecule has 0 fully saturated rings. The number of carbonyl (C=O) groups excluding carboxylic acids is 1. The van der Waals surface area contributed by atoms with E-state index in [9.17, 15) is 17.6 Å². The van der Waals surface area contributed by atoms with Crippen LogP contribution in [-0.4, -0.2) is 57.1 Å². The minimum absolute atomic E-state index is 0.0775. The minimum Gasteiger partial charge on any atom is -0.309 e. The molecule has 166 valence electrons. The van der Waals surface area contributed by atoms with Crippen LogP contribution in [0.1, 0.15) is 17.5 Å². The molecule has 0 saturated carbocycles. The number of halogens is 1. The Balaban J connectivity index is 1.92. The zero-order valence-electron chi connectivity index (χ0n) is 18.1. The van der Waals surface area contributed by atoms with Gasteiger partial charge in [-0.25, -0.2) is 17.8 Å². The molecule has 0 radical (unpaired) electrons. The first-order valence-electron chi connectivity index (χ1n) is 9.88. The van der Waals surface area contributed by atoms with Crippen molar-refractivity contribution in [3.8, 4) is 0 Å². The standard InChI is InChI=1S/C22H26FN3O3S2/c1-15-6-11-19-21(16(15)2)24-22(30-19)26(13-5-12-25(3)4)20(27)14-31(28,29)18-9-7-17(23)8-10-18/h6-11H,5,12-14H2,1-4H3. The van der Waals surface area contributed by atoms with Crippen LogP contribution in [-0.2, 0) is 14.6 Å². The number of benzene rings is 2. The van der Waals surface area contributed by atoms with Crippen molar-refractivity contribution in [2.45, 2.75) is 25.2 Å². The van der Waals surface area contributed by atoms with Gasteiger partial charge in [0.1, 0.15) is 11.6 Å². The summed E-state index contributed by atoms with van der Waals surface area (Å²) < 4.78 is 39.6. The number of rotatable bonds is 8. The highest BCUT2D eigenvalue weighted by atomic mass is 32.2. The number of carbonyl (C=O) groups is 1. The van der Waals surface area contributed by atoms with Crippen molar-refractivity contribution in [1.82, 2.24) is 9.88 Å². The number of nitrogens with zero attached hydrogens (tertiary/aromatic N) is 3. The number of anilines is 1.